The molecule has 9 nitrogen and oxygen atoms in total. The number of piperazine rings is 1. The number of nitrogens with zero attached hydrogens (tertiary/aromatic N) is 2. The first-order valence-electron chi connectivity index (χ1n) is 9.85. The van der Waals surface area contributed by atoms with Crippen molar-refractivity contribution in [1.82, 2.24) is 9.21 Å². The molecule has 0 saturated carbocycles. The maximum atomic E-state index is 13.2. The summed E-state index contributed by atoms with van der Waals surface area (Å²) in [6.07, 6.45) is 0. The van der Waals surface area contributed by atoms with Crippen LogP contribution >= 0.6 is 0 Å². The summed E-state index contributed by atoms with van der Waals surface area (Å²) in [6, 6.07) is 8.40. The summed E-state index contributed by atoms with van der Waals surface area (Å²) in [5.41, 5.74) is 0.208. The number of hydrogen-bond acceptors (Lipinski definition) is 7. The van der Waals surface area contributed by atoms with E-state index in [9.17, 15) is 22.0 Å². The topological polar surface area (TPSA) is 94.6 Å². The van der Waals surface area contributed by atoms with Crippen molar-refractivity contribution in [3.8, 4) is 23.0 Å². The fraction of sp³-hybridized carbons (Fsp3) is 0.381. The molecule has 3 rings (SSSR count). The van der Waals surface area contributed by atoms with Gasteiger partial charge in [0.1, 0.15) is 16.4 Å². The highest BCUT2D eigenvalue weighted by Gasteiger charge is 2.33. The summed E-state index contributed by atoms with van der Waals surface area (Å²) < 4.78 is 72.4. The van der Waals surface area contributed by atoms with Crippen LogP contribution in [0.5, 0.6) is 23.0 Å². The first-order chi connectivity index (χ1) is 15.7. The molecule has 12 heteroatoms. The number of carbonyl (C=O) groups is 1. The van der Waals surface area contributed by atoms with E-state index in [4.69, 9.17) is 14.2 Å². The standard InChI is InChI=1S/C21H24F2N2O7S/c1-29-15-5-7-17(30-2)19(13-15)33(27,28)25-10-8-24(9-11-25)20(26)14-4-6-16(32-21(22)23)18(12-14)31-3/h4-7,12-13,21H,8-11H2,1-3H3. The Bertz CT molecular complexity index is 1100. The van der Waals surface area contributed by atoms with Gasteiger partial charge in [-0.05, 0) is 30.3 Å². The molecule has 33 heavy (non-hydrogen) atoms. The molecule has 1 amide bonds. The largest absolute Gasteiger partial charge is 0.497 e. The van der Waals surface area contributed by atoms with Crippen LogP contribution in [-0.2, 0) is 10.0 Å². The molecule has 2 aromatic rings. The molecule has 0 unspecified atom stereocenters. The minimum atomic E-state index is -3.90. The van der Waals surface area contributed by atoms with Gasteiger partial charge in [0, 0.05) is 37.8 Å². The summed E-state index contributed by atoms with van der Waals surface area (Å²) in [6.45, 7) is -2.61. The summed E-state index contributed by atoms with van der Waals surface area (Å²) in [7, 11) is 0.193. The third-order valence-electron chi connectivity index (χ3n) is 5.14. The van der Waals surface area contributed by atoms with Crippen LogP contribution in [0, 0.1) is 0 Å². The first kappa shape index (κ1) is 24.5. The van der Waals surface area contributed by atoms with E-state index in [0.29, 0.717) is 5.75 Å². The SMILES string of the molecule is COc1ccc(OC)c(S(=O)(=O)N2CCN(C(=O)c3ccc(OC(F)F)c(OC)c3)CC2)c1. The van der Waals surface area contributed by atoms with E-state index in [-0.39, 0.29) is 59.8 Å². The molecule has 1 saturated heterocycles. The molecule has 1 aliphatic rings. The molecular weight excluding hydrogens is 462 g/mol. The highest BCUT2D eigenvalue weighted by Crippen LogP contribution is 2.32. The highest BCUT2D eigenvalue weighted by molar-refractivity contribution is 7.89. The summed E-state index contributed by atoms with van der Waals surface area (Å²) in [4.78, 5) is 14.3. The smallest absolute Gasteiger partial charge is 0.387 e. The van der Waals surface area contributed by atoms with Crippen LogP contribution in [0.3, 0.4) is 0 Å². The molecule has 0 radical (unpaired) electrons. The predicted molar refractivity (Wildman–Crippen MR) is 114 cm³/mol. The van der Waals surface area contributed by atoms with Gasteiger partial charge in [-0.15, -0.1) is 0 Å². The molecule has 0 atom stereocenters. The molecule has 1 fully saturated rings. The normalized spacial score (nSPS) is 14.8. The number of hydrogen-bond donors (Lipinski definition) is 0. The monoisotopic (exact) mass is 486 g/mol. The molecule has 0 aromatic heterocycles. The molecule has 2 aromatic carbocycles. The Morgan fingerprint density at radius 2 is 1.52 bits per heavy atom. The van der Waals surface area contributed by atoms with Gasteiger partial charge in [-0.2, -0.15) is 13.1 Å². The lowest BCUT2D eigenvalue weighted by Gasteiger charge is -2.34. The summed E-state index contributed by atoms with van der Waals surface area (Å²) in [5.74, 6) is -0.0171. The van der Waals surface area contributed by atoms with Gasteiger partial charge in [0.15, 0.2) is 11.5 Å². The van der Waals surface area contributed by atoms with E-state index in [1.165, 1.54) is 60.9 Å². The third kappa shape index (κ3) is 5.28. The first-order valence-corrected chi connectivity index (χ1v) is 11.3. The molecule has 0 bridgehead atoms. The number of halogens is 2. The van der Waals surface area contributed by atoms with E-state index in [0.717, 1.165) is 0 Å². The van der Waals surface area contributed by atoms with E-state index < -0.39 is 16.6 Å². The lowest BCUT2D eigenvalue weighted by Crippen LogP contribution is -2.50. The van der Waals surface area contributed by atoms with Crippen molar-refractivity contribution in [3.63, 3.8) is 0 Å². The second-order valence-corrected chi connectivity index (χ2v) is 8.86. The fourth-order valence-electron chi connectivity index (χ4n) is 3.43. The van der Waals surface area contributed by atoms with Gasteiger partial charge in [-0.3, -0.25) is 4.79 Å². The Hall–Kier alpha value is -3.12. The van der Waals surface area contributed by atoms with Crippen molar-refractivity contribution >= 4 is 15.9 Å². The molecule has 1 aliphatic heterocycles. The van der Waals surface area contributed by atoms with Gasteiger partial charge in [-0.1, -0.05) is 0 Å². The van der Waals surface area contributed by atoms with Crippen molar-refractivity contribution in [3.05, 3.63) is 42.0 Å². The van der Waals surface area contributed by atoms with Gasteiger partial charge in [0.2, 0.25) is 10.0 Å². The lowest BCUT2D eigenvalue weighted by molar-refractivity contribution is -0.0512. The Labute approximate surface area is 190 Å². The van der Waals surface area contributed by atoms with Crippen LogP contribution < -0.4 is 18.9 Å². The maximum Gasteiger partial charge on any atom is 0.387 e. The molecule has 0 aliphatic carbocycles. The van der Waals surface area contributed by atoms with Crippen molar-refractivity contribution in [2.24, 2.45) is 0 Å². The van der Waals surface area contributed by atoms with Crippen LogP contribution in [0.1, 0.15) is 10.4 Å². The number of carbonyl (C=O) groups excluding carboxylic acids is 1. The van der Waals surface area contributed by atoms with E-state index in [1.807, 2.05) is 0 Å². The van der Waals surface area contributed by atoms with Gasteiger partial charge in [-0.25, -0.2) is 8.42 Å². The average Bonchev–Trinajstić information content (AvgIpc) is 2.83. The van der Waals surface area contributed by atoms with Crippen LogP contribution in [0.2, 0.25) is 0 Å². The summed E-state index contributed by atoms with van der Waals surface area (Å²) >= 11 is 0. The predicted octanol–water partition coefficient (Wildman–Crippen LogP) is 2.46. The van der Waals surface area contributed by atoms with Gasteiger partial charge < -0.3 is 23.8 Å². The second kappa shape index (κ2) is 10.2. The molecule has 0 spiro atoms. The second-order valence-electron chi connectivity index (χ2n) is 6.96. The quantitative estimate of drug-likeness (QED) is 0.566. The number of amides is 1. The van der Waals surface area contributed by atoms with Gasteiger partial charge >= 0.3 is 6.61 Å². The number of sulfonamides is 1. The van der Waals surface area contributed by atoms with E-state index in [1.54, 1.807) is 6.07 Å². The number of rotatable bonds is 8. The van der Waals surface area contributed by atoms with Crippen molar-refractivity contribution < 1.29 is 40.9 Å². The minimum Gasteiger partial charge on any atom is -0.497 e. The maximum absolute atomic E-state index is 13.2. The zero-order chi connectivity index (χ0) is 24.2. The Kier molecular flexibility index (Phi) is 7.59. The van der Waals surface area contributed by atoms with E-state index in [2.05, 4.69) is 4.74 Å². The number of alkyl halides is 2. The Morgan fingerprint density at radius 1 is 0.879 bits per heavy atom. The van der Waals surface area contributed by atoms with Crippen LogP contribution in [0.4, 0.5) is 8.78 Å². The minimum absolute atomic E-state index is 0.00696. The zero-order valence-corrected chi connectivity index (χ0v) is 19.1. The van der Waals surface area contributed by atoms with Gasteiger partial charge in [0.05, 0.1) is 21.3 Å². The molecule has 1 heterocycles. The van der Waals surface area contributed by atoms with Crippen molar-refractivity contribution in [2.75, 3.05) is 47.5 Å². The highest BCUT2D eigenvalue weighted by atomic mass is 32.2. The third-order valence-corrected chi connectivity index (χ3v) is 7.06. The summed E-state index contributed by atoms with van der Waals surface area (Å²) in [5, 5.41) is 0. The Balaban J connectivity index is 1.74. The molecule has 0 N–H and O–H groups in total. The Morgan fingerprint density at radius 3 is 2.09 bits per heavy atom. The lowest BCUT2D eigenvalue weighted by atomic mass is 10.1. The van der Waals surface area contributed by atoms with Gasteiger partial charge in [0.25, 0.3) is 5.91 Å². The zero-order valence-electron chi connectivity index (χ0n) is 18.3. The molecule has 180 valence electrons. The van der Waals surface area contributed by atoms with Crippen LogP contribution in [0.15, 0.2) is 41.3 Å². The average molecular weight is 486 g/mol. The number of ether oxygens (including phenoxy) is 4. The number of benzene rings is 2. The van der Waals surface area contributed by atoms with E-state index >= 15 is 0 Å². The van der Waals surface area contributed by atoms with Crippen LogP contribution in [-0.4, -0.2) is 77.7 Å². The van der Waals surface area contributed by atoms with Crippen molar-refractivity contribution in [2.45, 2.75) is 11.5 Å². The van der Waals surface area contributed by atoms with Crippen LogP contribution in [0.25, 0.3) is 0 Å². The molecular formula is C21H24F2N2O7S. The van der Waals surface area contributed by atoms with Crippen molar-refractivity contribution in [1.29, 1.82) is 0 Å². The fourth-order valence-corrected chi connectivity index (χ4v) is 5.03. The number of methoxy groups -OCH3 is 3.